The van der Waals surface area contributed by atoms with Crippen LogP contribution in [0.15, 0.2) is 76.3 Å². The third-order valence-electron chi connectivity index (χ3n) is 5.45. The van der Waals surface area contributed by atoms with Crippen LogP contribution in [0.25, 0.3) is 21.8 Å². The SMILES string of the molecule is CCn1c2ccccc2c2cc([C@@H]3CC(c4ccc(Br)cc4)=NN3)ccc21. The summed E-state index contributed by atoms with van der Waals surface area (Å²) >= 11 is 3.50. The zero-order valence-electron chi connectivity index (χ0n) is 15.1. The Balaban J connectivity index is 1.51. The summed E-state index contributed by atoms with van der Waals surface area (Å²) in [5.74, 6) is 0. The molecule has 0 aliphatic carbocycles. The predicted molar refractivity (Wildman–Crippen MR) is 116 cm³/mol. The van der Waals surface area contributed by atoms with Crippen molar-refractivity contribution in [3.8, 4) is 0 Å². The van der Waals surface area contributed by atoms with Crippen LogP contribution in [0.2, 0.25) is 0 Å². The lowest BCUT2D eigenvalue weighted by Crippen LogP contribution is -2.09. The monoisotopic (exact) mass is 417 g/mol. The number of aromatic nitrogens is 1. The van der Waals surface area contributed by atoms with Crippen LogP contribution >= 0.6 is 15.9 Å². The second-order valence-electron chi connectivity index (χ2n) is 6.99. The molecule has 4 heteroatoms. The van der Waals surface area contributed by atoms with Crippen LogP contribution in [0.5, 0.6) is 0 Å². The number of halogens is 1. The Morgan fingerprint density at radius 2 is 1.78 bits per heavy atom. The van der Waals surface area contributed by atoms with Gasteiger partial charge in [0.25, 0.3) is 0 Å². The molecule has 0 bridgehead atoms. The van der Waals surface area contributed by atoms with Gasteiger partial charge in [-0.1, -0.05) is 52.3 Å². The molecule has 1 N–H and O–H groups in total. The Morgan fingerprint density at radius 1 is 1.00 bits per heavy atom. The van der Waals surface area contributed by atoms with Crippen LogP contribution in [-0.4, -0.2) is 10.3 Å². The summed E-state index contributed by atoms with van der Waals surface area (Å²) in [6.45, 7) is 3.18. The number of hydrazone groups is 1. The van der Waals surface area contributed by atoms with Crippen LogP contribution in [0.3, 0.4) is 0 Å². The highest BCUT2D eigenvalue weighted by atomic mass is 79.9. The molecule has 1 aliphatic heterocycles. The molecule has 0 spiro atoms. The maximum atomic E-state index is 4.60. The van der Waals surface area contributed by atoms with Crippen molar-refractivity contribution in [2.45, 2.75) is 25.9 Å². The van der Waals surface area contributed by atoms with Gasteiger partial charge in [-0.25, -0.2) is 0 Å². The van der Waals surface area contributed by atoms with Crippen molar-refractivity contribution in [2.75, 3.05) is 0 Å². The summed E-state index contributed by atoms with van der Waals surface area (Å²) in [5.41, 5.74) is 9.52. The minimum atomic E-state index is 0.219. The number of nitrogens with one attached hydrogen (secondary N) is 1. The first kappa shape index (κ1) is 16.6. The molecule has 0 amide bonds. The van der Waals surface area contributed by atoms with E-state index in [9.17, 15) is 0 Å². The molecule has 0 unspecified atom stereocenters. The molecule has 0 saturated heterocycles. The average molecular weight is 418 g/mol. The van der Waals surface area contributed by atoms with Gasteiger partial charge in [0.15, 0.2) is 0 Å². The van der Waals surface area contributed by atoms with Gasteiger partial charge in [0.1, 0.15) is 0 Å². The molecule has 5 rings (SSSR count). The number of hydrogen-bond donors (Lipinski definition) is 1. The summed E-state index contributed by atoms with van der Waals surface area (Å²) in [6, 6.07) is 24.1. The Labute approximate surface area is 166 Å². The molecule has 4 aromatic rings. The number of rotatable bonds is 3. The van der Waals surface area contributed by atoms with Crippen molar-refractivity contribution in [1.29, 1.82) is 0 Å². The molecule has 0 fully saturated rings. The van der Waals surface area contributed by atoms with Gasteiger partial charge in [0.2, 0.25) is 0 Å². The van der Waals surface area contributed by atoms with E-state index in [1.165, 1.54) is 32.9 Å². The van der Waals surface area contributed by atoms with Gasteiger partial charge in [-0.15, -0.1) is 0 Å². The van der Waals surface area contributed by atoms with E-state index < -0.39 is 0 Å². The van der Waals surface area contributed by atoms with Gasteiger partial charge in [-0.3, -0.25) is 0 Å². The molecule has 3 aromatic carbocycles. The lowest BCUT2D eigenvalue weighted by atomic mass is 9.98. The molecule has 2 heterocycles. The zero-order chi connectivity index (χ0) is 18.4. The van der Waals surface area contributed by atoms with Crippen molar-refractivity contribution < 1.29 is 0 Å². The van der Waals surface area contributed by atoms with Gasteiger partial charge >= 0.3 is 0 Å². The number of hydrogen-bond acceptors (Lipinski definition) is 2. The van der Waals surface area contributed by atoms with E-state index in [1.54, 1.807) is 0 Å². The topological polar surface area (TPSA) is 29.3 Å². The van der Waals surface area contributed by atoms with Gasteiger partial charge < -0.3 is 9.99 Å². The van der Waals surface area contributed by atoms with Gasteiger partial charge in [0.05, 0.1) is 11.8 Å². The van der Waals surface area contributed by atoms with Crippen LogP contribution in [0.4, 0.5) is 0 Å². The second kappa shape index (κ2) is 6.54. The molecule has 27 heavy (non-hydrogen) atoms. The number of benzene rings is 3. The van der Waals surface area contributed by atoms with E-state index in [2.05, 4.69) is 105 Å². The summed E-state index contributed by atoms with van der Waals surface area (Å²) in [5, 5.41) is 7.25. The predicted octanol–water partition coefficient (Wildman–Crippen LogP) is 6.02. The fraction of sp³-hybridized carbons (Fsp3) is 0.174. The van der Waals surface area contributed by atoms with E-state index in [4.69, 9.17) is 0 Å². The number of para-hydroxylation sites is 1. The minimum absolute atomic E-state index is 0.219. The normalized spacial score (nSPS) is 16.7. The molecule has 0 radical (unpaired) electrons. The smallest absolute Gasteiger partial charge is 0.0746 e. The number of aryl methyl sites for hydroxylation is 1. The summed E-state index contributed by atoms with van der Waals surface area (Å²) < 4.78 is 3.48. The largest absolute Gasteiger partial charge is 0.341 e. The van der Waals surface area contributed by atoms with Gasteiger partial charge in [0, 0.05) is 39.2 Å². The van der Waals surface area contributed by atoms with E-state index in [1.807, 2.05) is 0 Å². The summed E-state index contributed by atoms with van der Waals surface area (Å²) in [7, 11) is 0. The Morgan fingerprint density at radius 3 is 2.59 bits per heavy atom. The van der Waals surface area contributed by atoms with Crippen molar-refractivity contribution in [2.24, 2.45) is 5.10 Å². The molecule has 1 aliphatic rings. The molecule has 0 saturated carbocycles. The average Bonchev–Trinajstić information content (AvgIpc) is 3.31. The molecule has 1 atom stereocenters. The quantitative estimate of drug-likeness (QED) is 0.434. The highest BCUT2D eigenvalue weighted by Gasteiger charge is 2.22. The van der Waals surface area contributed by atoms with Crippen molar-refractivity contribution in [3.63, 3.8) is 0 Å². The highest BCUT2D eigenvalue weighted by Crippen LogP contribution is 2.33. The third kappa shape index (κ3) is 2.76. The van der Waals surface area contributed by atoms with Crippen LogP contribution in [0.1, 0.15) is 30.5 Å². The molecular weight excluding hydrogens is 398 g/mol. The first-order valence-corrected chi connectivity index (χ1v) is 10.1. The fourth-order valence-electron chi connectivity index (χ4n) is 4.09. The number of nitrogens with zero attached hydrogens (tertiary/aromatic N) is 2. The first-order chi connectivity index (χ1) is 13.2. The van der Waals surface area contributed by atoms with E-state index in [-0.39, 0.29) is 6.04 Å². The molecule has 3 nitrogen and oxygen atoms in total. The Kier molecular flexibility index (Phi) is 4.01. The molecule has 134 valence electrons. The number of fused-ring (bicyclic) bond motifs is 3. The summed E-state index contributed by atoms with van der Waals surface area (Å²) in [6.07, 6.45) is 0.902. The van der Waals surface area contributed by atoms with E-state index in [0.717, 1.165) is 23.1 Å². The van der Waals surface area contributed by atoms with Crippen LogP contribution in [-0.2, 0) is 6.54 Å². The highest BCUT2D eigenvalue weighted by molar-refractivity contribution is 9.10. The van der Waals surface area contributed by atoms with Gasteiger partial charge in [-0.2, -0.15) is 5.10 Å². The van der Waals surface area contributed by atoms with Crippen LogP contribution in [0, 0.1) is 0 Å². The lowest BCUT2D eigenvalue weighted by molar-refractivity contribution is 0.620. The summed E-state index contributed by atoms with van der Waals surface area (Å²) in [4.78, 5) is 0. The molecule has 1 aromatic heterocycles. The lowest BCUT2D eigenvalue weighted by Gasteiger charge is -2.11. The van der Waals surface area contributed by atoms with Gasteiger partial charge in [-0.05, 0) is 48.4 Å². The maximum Gasteiger partial charge on any atom is 0.0746 e. The van der Waals surface area contributed by atoms with Crippen molar-refractivity contribution in [1.82, 2.24) is 9.99 Å². The standard InChI is InChI=1S/C23H20BrN3/c1-2-27-22-6-4-3-5-18(22)19-13-16(9-12-23(19)27)21-14-20(25-26-21)15-7-10-17(24)11-8-15/h3-13,21,26H,2,14H2,1H3/t21-/m0/s1. The minimum Gasteiger partial charge on any atom is -0.341 e. The fourth-order valence-corrected chi connectivity index (χ4v) is 4.35. The second-order valence-corrected chi connectivity index (χ2v) is 7.90. The van der Waals surface area contributed by atoms with Crippen LogP contribution < -0.4 is 5.43 Å². The first-order valence-electron chi connectivity index (χ1n) is 9.33. The van der Waals surface area contributed by atoms with Crippen molar-refractivity contribution >= 4 is 43.4 Å². The van der Waals surface area contributed by atoms with Crippen molar-refractivity contribution in [3.05, 3.63) is 82.3 Å². The van der Waals surface area contributed by atoms with E-state index >= 15 is 0 Å². The zero-order valence-corrected chi connectivity index (χ0v) is 16.7. The Hall–Kier alpha value is -2.59. The molecular formula is C23H20BrN3. The Bertz CT molecular complexity index is 1170. The third-order valence-corrected chi connectivity index (χ3v) is 5.97. The maximum absolute atomic E-state index is 4.60. The van der Waals surface area contributed by atoms with E-state index in [0.29, 0.717) is 0 Å².